The van der Waals surface area contributed by atoms with E-state index in [1.54, 1.807) is 0 Å². The third-order valence-corrected chi connectivity index (χ3v) is 2.83. The number of hydrogen-bond donors (Lipinski definition) is 1. The third kappa shape index (κ3) is 2.64. The van der Waals surface area contributed by atoms with E-state index in [0.29, 0.717) is 12.6 Å². The minimum absolute atomic E-state index is 0.00459. The predicted octanol–water partition coefficient (Wildman–Crippen LogP) is 0.592. The van der Waals surface area contributed by atoms with Gasteiger partial charge in [0.25, 0.3) is 0 Å². The van der Waals surface area contributed by atoms with Gasteiger partial charge in [-0.25, -0.2) is 4.79 Å². The van der Waals surface area contributed by atoms with Gasteiger partial charge in [0.2, 0.25) is 5.91 Å². The second-order valence-corrected chi connectivity index (χ2v) is 4.14. The first-order valence-corrected chi connectivity index (χ1v) is 5.67. The maximum absolute atomic E-state index is 11.9. The molecule has 1 amide bonds. The second kappa shape index (κ2) is 4.57. The number of carboxylic acid groups (broad SMARTS) is 1. The molecule has 0 aliphatic heterocycles. The Hall–Kier alpha value is -1.85. The van der Waals surface area contributed by atoms with Gasteiger partial charge in [0.1, 0.15) is 6.54 Å². The molecule has 0 spiro atoms. The van der Waals surface area contributed by atoms with E-state index in [4.69, 9.17) is 5.11 Å². The first-order valence-electron chi connectivity index (χ1n) is 5.67. The second-order valence-electron chi connectivity index (χ2n) is 4.14. The zero-order valence-corrected chi connectivity index (χ0v) is 9.67. The van der Waals surface area contributed by atoms with Crippen LogP contribution in [0, 0.1) is 0 Å². The number of aromatic nitrogens is 2. The standard InChI is InChI=1S/C11H15N3O3/c1-2-14(9-3-4-9)10(15)7-13-6-8(5-12-13)11(16)17/h5-6,9H,2-4,7H2,1H3,(H,16,17). The molecule has 17 heavy (non-hydrogen) atoms. The molecular formula is C11H15N3O3. The van der Waals surface area contributed by atoms with Crippen LogP contribution in [0.4, 0.5) is 0 Å². The van der Waals surface area contributed by atoms with Gasteiger partial charge >= 0.3 is 5.97 Å². The van der Waals surface area contributed by atoms with Crippen molar-refractivity contribution in [3.05, 3.63) is 18.0 Å². The molecule has 1 saturated carbocycles. The largest absolute Gasteiger partial charge is 0.478 e. The van der Waals surface area contributed by atoms with E-state index in [1.165, 1.54) is 17.1 Å². The highest BCUT2D eigenvalue weighted by Crippen LogP contribution is 2.26. The fraction of sp³-hybridized carbons (Fsp3) is 0.545. The van der Waals surface area contributed by atoms with E-state index in [2.05, 4.69) is 5.10 Å². The Balaban J connectivity index is 1.99. The van der Waals surface area contributed by atoms with Crippen LogP contribution in [0.15, 0.2) is 12.4 Å². The molecule has 0 unspecified atom stereocenters. The highest BCUT2D eigenvalue weighted by Gasteiger charge is 2.31. The fourth-order valence-corrected chi connectivity index (χ4v) is 1.81. The summed E-state index contributed by atoms with van der Waals surface area (Å²) in [6.07, 6.45) is 4.77. The Morgan fingerprint density at radius 3 is 2.76 bits per heavy atom. The quantitative estimate of drug-likeness (QED) is 0.813. The lowest BCUT2D eigenvalue weighted by Crippen LogP contribution is -2.35. The summed E-state index contributed by atoms with van der Waals surface area (Å²) in [5.41, 5.74) is 0.104. The SMILES string of the molecule is CCN(C(=O)Cn1cc(C(=O)O)cn1)C1CC1. The topological polar surface area (TPSA) is 75.4 Å². The average Bonchev–Trinajstić information content (AvgIpc) is 2.98. The molecule has 6 heteroatoms. The van der Waals surface area contributed by atoms with Crippen LogP contribution < -0.4 is 0 Å². The maximum atomic E-state index is 11.9. The molecule has 1 heterocycles. The molecular weight excluding hydrogens is 222 g/mol. The molecule has 1 fully saturated rings. The summed E-state index contributed by atoms with van der Waals surface area (Å²) >= 11 is 0. The number of nitrogens with zero attached hydrogens (tertiary/aromatic N) is 3. The van der Waals surface area contributed by atoms with Crippen molar-refractivity contribution >= 4 is 11.9 Å². The van der Waals surface area contributed by atoms with Gasteiger partial charge in [-0.2, -0.15) is 5.10 Å². The zero-order valence-electron chi connectivity index (χ0n) is 9.67. The van der Waals surface area contributed by atoms with E-state index in [-0.39, 0.29) is 18.0 Å². The van der Waals surface area contributed by atoms with Crippen molar-refractivity contribution in [1.29, 1.82) is 0 Å². The van der Waals surface area contributed by atoms with E-state index in [0.717, 1.165) is 12.8 Å². The number of likely N-dealkylation sites (N-methyl/N-ethyl adjacent to an activating group) is 1. The van der Waals surface area contributed by atoms with Gasteiger partial charge in [0.15, 0.2) is 0 Å². The average molecular weight is 237 g/mol. The number of rotatable bonds is 5. The molecule has 0 bridgehead atoms. The van der Waals surface area contributed by atoms with Crippen molar-refractivity contribution in [3.8, 4) is 0 Å². The lowest BCUT2D eigenvalue weighted by molar-refractivity contribution is -0.132. The lowest BCUT2D eigenvalue weighted by Gasteiger charge is -2.20. The Morgan fingerprint density at radius 1 is 1.59 bits per heavy atom. The van der Waals surface area contributed by atoms with Gasteiger partial charge in [-0.3, -0.25) is 9.48 Å². The first kappa shape index (κ1) is 11.6. The van der Waals surface area contributed by atoms with E-state index < -0.39 is 5.97 Å². The van der Waals surface area contributed by atoms with Crippen LogP contribution in [0.25, 0.3) is 0 Å². The minimum Gasteiger partial charge on any atom is -0.478 e. The molecule has 1 aromatic rings. The van der Waals surface area contributed by atoms with Crippen LogP contribution in [-0.2, 0) is 11.3 Å². The van der Waals surface area contributed by atoms with Crippen LogP contribution >= 0.6 is 0 Å². The van der Waals surface area contributed by atoms with Crippen molar-refractivity contribution in [2.75, 3.05) is 6.54 Å². The van der Waals surface area contributed by atoms with Crippen molar-refractivity contribution in [2.24, 2.45) is 0 Å². The Morgan fingerprint density at radius 2 is 2.29 bits per heavy atom. The number of aromatic carboxylic acids is 1. The Labute approximate surface area is 98.8 Å². The third-order valence-electron chi connectivity index (χ3n) is 2.83. The molecule has 1 aromatic heterocycles. The number of carbonyl (C=O) groups excluding carboxylic acids is 1. The van der Waals surface area contributed by atoms with Gasteiger partial charge in [-0.15, -0.1) is 0 Å². The summed E-state index contributed by atoms with van der Waals surface area (Å²) < 4.78 is 1.37. The highest BCUT2D eigenvalue weighted by atomic mass is 16.4. The van der Waals surface area contributed by atoms with Gasteiger partial charge in [-0.1, -0.05) is 0 Å². The summed E-state index contributed by atoms with van der Waals surface area (Å²) in [6.45, 7) is 2.75. The molecule has 0 aromatic carbocycles. The molecule has 2 rings (SSSR count). The van der Waals surface area contributed by atoms with Gasteiger partial charge < -0.3 is 10.0 Å². The molecule has 92 valence electrons. The number of hydrogen-bond acceptors (Lipinski definition) is 3. The maximum Gasteiger partial charge on any atom is 0.338 e. The summed E-state index contributed by atoms with van der Waals surface area (Å²) in [6, 6.07) is 0.377. The van der Waals surface area contributed by atoms with Gasteiger partial charge in [0, 0.05) is 18.8 Å². The molecule has 1 aliphatic carbocycles. The number of carbonyl (C=O) groups is 2. The molecule has 0 saturated heterocycles. The van der Waals surface area contributed by atoms with Gasteiger partial charge in [0.05, 0.1) is 11.8 Å². The van der Waals surface area contributed by atoms with E-state index in [1.807, 2.05) is 11.8 Å². The highest BCUT2D eigenvalue weighted by molar-refractivity contribution is 5.87. The van der Waals surface area contributed by atoms with E-state index in [9.17, 15) is 9.59 Å². The van der Waals surface area contributed by atoms with Crippen molar-refractivity contribution in [1.82, 2.24) is 14.7 Å². The first-order chi connectivity index (χ1) is 8.11. The van der Waals surface area contributed by atoms with Crippen molar-refractivity contribution < 1.29 is 14.7 Å². The number of carboxylic acids is 1. The number of amides is 1. The normalized spacial score (nSPS) is 14.6. The molecule has 0 radical (unpaired) electrons. The minimum atomic E-state index is -1.03. The molecule has 1 N–H and O–H groups in total. The predicted molar refractivity (Wildman–Crippen MR) is 59.6 cm³/mol. The molecule has 0 atom stereocenters. The van der Waals surface area contributed by atoms with Gasteiger partial charge in [-0.05, 0) is 19.8 Å². The van der Waals surface area contributed by atoms with Crippen LogP contribution in [0.3, 0.4) is 0 Å². The molecule has 1 aliphatic rings. The van der Waals surface area contributed by atoms with Crippen LogP contribution in [0.1, 0.15) is 30.1 Å². The lowest BCUT2D eigenvalue weighted by atomic mass is 10.4. The van der Waals surface area contributed by atoms with Crippen molar-refractivity contribution in [3.63, 3.8) is 0 Å². The van der Waals surface area contributed by atoms with Crippen LogP contribution in [-0.4, -0.2) is 44.3 Å². The van der Waals surface area contributed by atoms with Crippen molar-refractivity contribution in [2.45, 2.75) is 32.4 Å². The summed E-state index contributed by atoms with van der Waals surface area (Å²) in [4.78, 5) is 24.4. The summed E-state index contributed by atoms with van der Waals surface area (Å²) in [5, 5.41) is 12.6. The van der Waals surface area contributed by atoms with E-state index >= 15 is 0 Å². The zero-order chi connectivity index (χ0) is 12.4. The Kier molecular flexibility index (Phi) is 3.12. The fourth-order valence-electron chi connectivity index (χ4n) is 1.81. The van der Waals surface area contributed by atoms with Crippen LogP contribution in [0.5, 0.6) is 0 Å². The van der Waals surface area contributed by atoms with Crippen LogP contribution in [0.2, 0.25) is 0 Å². The monoisotopic (exact) mass is 237 g/mol. The summed E-state index contributed by atoms with van der Waals surface area (Å²) in [7, 11) is 0. The molecule has 6 nitrogen and oxygen atoms in total. The Bertz CT molecular complexity index is 437. The summed E-state index contributed by atoms with van der Waals surface area (Å²) in [5.74, 6) is -1.03. The smallest absolute Gasteiger partial charge is 0.338 e.